The minimum absolute atomic E-state index is 1.09. The smallest absolute Gasteiger partial charge is 0.0697 e. The number of hydrogen-bond donors (Lipinski definition) is 0. The van der Waals surface area contributed by atoms with Crippen LogP contribution in [0.5, 0.6) is 0 Å². The molecule has 1 heterocycles. The lowest BCUT2D eigenvalue weighted by molar-refractivity contribution is 0.813. The molecule has 0 aliphatic carbocycles. The summed E-state index contributed by atoms with van der Waals surface area (Å²) in [6, 6.07) is 0. The molecule has 0 saturated carbocycles. The van der Waals surface area contributed by atoms with Crippen molar-refractivity contribution in [3.63, 3.8) is 0 Å². The van der Waals surface area contributed by atoms with Gasteiger partial charge in [-0.05, 0) is 13.8 Å². The first kappa shape index (κ1) is 6.01. The van der Waals surface area contributed by atoms with Gasteiger partial charge < -0.3 is 0 Å². The molecular formula is C6H9N3. The summed E-state index contributed by atoms with van der Waals surface area (Å²) in [5.74, 6) is 0. The Bertz CT molecular complexity index is 198. The van der Waals surface area contributed by atoms with Crippen molar-refractivity contribution in [2.75, 3.05) is 0 Å². The Kier molecular flexibility index (Phi) is 1.63. The second-order valence-electron chi connectivity index (χ2n) is 1.78. The standard InChI is InChI=1S/C6H9N3/c1-3-6(2)9-5-4-7-8-9/h3-5H,1-2H3. The molecular weight excluding hydrogens is 114 g/mol. The van der Waals surface area contributed by atoms with Gasteiger partial charge in [0.05, 0.1) is 12.4 Å². The van der Waals surface area contributed by atoms with Crippen molar-refractivity contribution in [1.82, 2.24) is 15.0 Å². The zero-order valence-corrected chi connectivity index (χ0v) is 5.57. The molecule has 3 heteroatoms. The van der Waals surface area contributed by atoms with Crippen molar-refractivity contribution in [1.29, 1.82) is 0 Å². The van der Waals surface area contributed by atoms with E-state index < -0.39 is 0 Å². The zero-order valence-electron chi connectivity index (χ0n) is 5.57. The molecule has 0 N–H and O–H groups in total. The van der Waals surface area contributed by atoms with Crippen LogP contribution in [0.1, 0.15) is 13.8 Å². The third-order valence-electron chi connectivity index (χ3n) is 1.20. The lowest BCUT2D eigenvalue weighted by Gasteiger charge is -1.94. The van der Waals surface area contributed by atoms with Crippen molar-refractivity contribution in [3.8, 4) is 0 Å². The third-order valence-corrected chi connectivity index (χ3v) is 1.20. The summed E-state index contributed by atoms with van der Waals surface area (Å²) in [7, 11) is 0. The molecule has 0 atom stereocenters. The molecule has 9 heavy (non-hydrogen) atoms. The number of rotatable bonds is 1. The lowest BCUT2D eigenvalue weighted by atomic mass is 10.5. The maximum Gasteiger partial charge on any atom is 0.0697 e. The molecule has 0 aromatic carbocycles. The van der Waals surface area contributed by atoms with Gasteiger partial charge in [0, 0.05) is 5.70 Å². The van der Waals surface area contributed by atoms with E-state index in [0.29, 0.717) is 0 Å². The number of nitrogens with zero attached hydrogens (tertiary/aromatic N) is 3. The number of hydrogen-bond acceptors (Lipinski definition) is 2. The van der Waals surface area contributed by atoms with E-state index in [4.69, 9.17) is 0 Å². The summed E-state index contributed by atoms with van der Waals surface area (Å²) < 4.78 is 1.72. The van der Waals surface area contributed by atoms with Gasteiger partial charge in [-0.3, -0.25) is 0 Å². The highest BCUT2D eigenvalue weighted by atomic mass is 15.4. The van der Waals surface area contributed by atoms with Crippen LogP contribution < -0.4 is 0 Å². The van der Waals surface area contributed by atoms with Crippen LogP contribution in [0, 0.1) is 0 Å². The van der Waals surface area contributed by atoms with Crippen LogP contribution in [0.3, 0.4) is 0 Å². The maximum absolute atomic E-state index is 3.79. The van der Waals surface area contributed by atoms with Crippen LogP contribution in [0.2, 0.25) is 0 Å². The third kappa shape index (κ3) is 1.16. The highest BCUT2D eigenvalue weighted by molar-refractivity contribution is 5.38. The van der Waals surface area contributed by atoms with Gasteiger partial charge in [0.1, 0.15) is 0 Å². The molecule has 0 radical (unpaired) electrons. The average Bonchev–Trinajstić information content (AvgIpc) is 2.37. The fraction of sp³-hybridized carbons (Fsp3) is 0.333. The Hall–Kier alpha value is -1.12. The molecule has 0 bridgehead atoms. The Balaban J connectivity index is 2.90. The summed E-state index contributed by atoms with van der Waals surface area (Å²) in [5.41, 5.74) is 1.09. The van der Waals surface area contributed by atoms with E-state index in [1.165, 1.54) is 0 Å². The van der Waals surface area contributed by atoms with E-state index >= 15 is 0 Å². The zero-order chi connectivity index (χ0) is 6.69. The van der Waals surface area contributed by atoms with Gasteiger partial charge in [-0.1, -0.05) is 11.3 Å². The van der Waals surface area contributed by atoms with Gasteiger partial charge in [-0.15, -0.1) is 5.10 Å². The Morgan fingerprint density at radius 1 is 1.67 bits per heavy atom. The van der Waals surface area contributed by atoms with E-state index in [1.807, 2.05) is 26.1 Å². The number of aromatic nitrogens is 3. The van der Waals surface area contributed by atoms with Crippen molar-refractivity contribution >= 4 is 5.70 Å². The highest BCUT2D eigenvalue weighted by Crippen LogP contribution is 1.96. The summed E-state index contributed by atoms with van der Waals surface area (Å²) in [6.45, 7) is 3.95. The largest absolute Gasteiger partial charge is 0.226 e. The fourth-order valence-electron chi connectivity index (χ4n) is 0.529. The van der Waals surface area contributed by atoms with Crippen molar-refractivity contribution < 1.29 is 0 Å². The summed E-state index contributed by atoms with van der Waals surface area (Å²) in [4.78, 5) is 0. The average molecular weight is 123 g/mol. The highest BCUT2D eigenvalue weighted by Gasteiger charge is 1.88. The summed E-state index contributed by atoms with van der Waals surface area (Å²) in [5, 5.41) is 7.45. The monoisotopic (exact) mass is 123 g/mol. The van der Waals surface area contributed by atoms with Crippen LogP contribution in [0.25, 0.3) is 5.70 Å². The van der Waals surface area contributed by atoms with Gasteiger partial charge in [0.15, 0.2) is 0 Å². The Morgan fingerprint density at radius 2 is 2.44 bits per heavy atom. The second-order valence-corrected chi connectivity index (χ2v) is 1.78. The van der Waals surface area contributed by atoms with Crippen LogP contribution in [-0.4, -0.2) is 15.0 Å². The molecule has 0 saturated heterocycles. The van der Waals surface area contributed by atoms with Crippen LogP contribution in [0.15, 0.2) is 18.5 Å². The quantitative estimate of drug-likeness (QED) is 0.561. The molecule has 0 fully saturated rings. The molecule has 0 aliphatic heterocycles. The molecule has 0 aliphatic rings. The first-order valence-corrected chi connectivity index (χ1v) is 2.84. The summed E-state index contributed by atoms with van der Waals surface area (Å²) >= 11 is 0. The Morgan fingerprint density at radius 3 is 2.89 bits per heavy atom. The van der Waals surface area contributed by atoms with E-state index in [0.717, 1.165) is 5.70 Å². The first-order valence-electron chi connectivity index (χ1n) is 2.84. The summed E-state index contributed by atoms with van der Waals surface area (Å²) in [6.07, 6.45) is 5.46. The normalized spacial score (nSPS) is 12.0. The molecule has 3 nitrogen and oxygen atoms in total. The molecule has 1 aromatic heterocycles. The molecule has 1 aromatic rings. The van der Waals surface area contributed by atoms with Gasteiger partial charge in [0.25, 0.3) is 0 Å². The van der Waals surface area contributed by atoms with Crippen LogP contribution in [-0.2, 0) is 0 Å². The van der Waals surface area contributed by atoms with Gasteiger partial charge in [0.2, 0.25) is 0 Å². The number of allylic oxidation sites excluding steroid dienone is 2. The first-order chi connectivity index (χ1) is 4.34. The van der Waals surface area contributed by atoms with Crippen LogP contribution >= 0.6 is 0 Å². The van der Waals surface area contributed by atoms with Gasteiger partial charge in [-0.2, -0.15) is 0 Å². The van der Waals surface area contributed by atoms with E-state index in [1.54, 1.807) is 10.9 Å². The molecule has 1 rings (SSSR count). The molecule has 0 spiro atoms. The topological polar surface area (TPSA) is 30.7 Å². The van der Waals surface area contributed by atoms with E-state index in [9.17, 15) is 0 Å². The van der Waals surface area contributed by atoms with E-state index in [-0.39, 0.29) is 0 Å². The minimum Gasteiger partial charge on any atom is -0.226 e. The van der Waals surface area contributed by atoms with E-state index in [2.05, 4.69) is 10.3 Å². The SMILES string of the molecule is CC=C(C)n1ccnn1. The second kappa shape index (κ2) is 2.44. The van der Waals surface area contributed by atoms with Crippen LogP contribution in [0.4, 0.5) is 0 Å². The lowest BCUT2D eigenvalue weighted by Crippen LogP contribution is -1.92. The predicted octanol–water partition coefficient (Wildman–Crippen LogP) is 1.16. The molecule has 48 valence electrons. The van der Waals surface area contributed by atoms with Gasteiger partial charge >= 0.3 is 0 Å². The van der Waals surface area contributed by atoms with Crippen molar-refractivity contribution in [2.45, 2.75) is 13.8 Å². The molecule has 0 unspecified atom stereocenters. The van der Waals surface area contributed by atoms with Gasteiger partial charge in [-0.25, -0.2) is 4.68 Å². The fourth-order valence-corrected chi connectivity index (χ4v) is 0.529. The Labute approximate surface area is 54.0 Å². The van der Waals surface area contributed by atoms with Crippen molar-refractivity contribution in [3.05, 3.63) is 18.5 Å². The molecule has 0 amide bonds. The predicted molar refractivity (Wildman–Crippen MR) is 35.6 cm³/mol. The van der Waals surface area contributed by atoms with Crippen molar-refractivity contribution in [2.24, 2.45) is 0 Å². The maximum atomic E-state index is 3.79. The minimum atomic E-state index is 1.09.